The van der Waals surface area contributed by atoms with E-state index in [2.05, 4.69) is 28.6 Å². The van der Waals surface area contributed by atoms with Crippen LogP contribution in [-0.4, -0.2) is 36.7 Å². The zero-order chi connectivity index (χ0) is 19.3. The van der Waals surface area contributed by atoms with Gasteiger partial charge in [-0.2, -0.15) is 13.2 Å². The summed E-state index contributed by atoms with van der Waals surface area (Å²) in [4.78, 5) is 14.6. The van der Waals surface area contributed by atoms with Gasteiger partial charge in [0, 0.05) is 41.8 Å². The van der Waals surface area contributed by atoms with Gasteiger partial charge in [-0.15, -0.1) is 10.2 Å². The Bertz CT molecular complexity index is 1020. The fraction of sp³-hybridized carbons (Fsp3) is 0.389. The van der Waals surface area contributed by atoms with Gasteiger partial charge >= 0.3 is 6.18 Å². The third kappa shape index (κ3) is 2.87. The molecule has 1 aliphatic heterocycles. The molecular formula is C18H18F3N5O. The Morgan fingerprint density at radius 2 is 1.93 bits per heavy atom. The molecule has 0 unspecified atom stereocenters. The minimum Gasteiger partial charge on any atom is -0.345 e. The van der Waals surface area contributed by atoms with Crippen molar-refractivity contribution in [1.82, 2.24) is 24.2 Å². The minimum atomic E-state index is -4.55. The summed E-state index contributed by atoms with van der Waals surface area (Å²) in [6.45, 7) is 4.32. The van der Waals surface area contributed by atoms with Gasteiger partial charge in [-0.1, -0.05) is 6.07 Å². The first-order valence-corrected chi connectivity index (χ1v) is 8.65. The predicted octanol–water partition coefficient (Wildman–Crippen LogP) is 3.49. The molecular weight excluding hydrogens is 359 g/mol. The van der Waals surface area contributed by atoms with Crippen LogP contribution in [0.3, 0.4) is 0 Å². The van der Waals surface area contributed by atoms with E-state index in [1.165, 1.54) is 4.90 Å². The summed E-state index contributed by atoms with van der Waals surface area (Å²) in [6.07, 6.45) is -2.61. The van der Waals surface area contributed by atoms with Crippen molar-refractivity contribution in [3.05, 3.63) is 47.7 Å². The third-order valence-corrected chi connectivity index (χ3v) is 4.84. The summed E-state index contributed by atoms with van der Waals surface area (Å²) >= 11 is 0. The van der Waals surface area contributed by atoms with Gasteiger partial charge in [0.25, 0.3) is 5.91 Å². The normalized spacial score (nSPS) is 14.8. The van der Waals surface area contributed by atoms with Crippen LogP contribution in [0.2, 0.25) is 0 Å². The van der Waals surface area contributed by atoms with E-state index < -0.39 is 12.0 Å². The van der Waals surface area contributed by atoms with Gasteiger partial charge in [-0.05, 0) is 32.0 Å². The molecule has 3 heterocycles. The highest BCUT2D eigenvalue weighted by Crippen LogP contribution is 2.30. The Balaban J connectivity index is 1.65. The molecule has 4 rings (SSSR count). The molecule has 0 radical (unpaired) electrons. The van der Waals surface area contributed by atoms with Gasteiger partial charge in [0.15, 0.2) is 5.82 Å². The lowest BCUT2D eigenvalue weighted by atomic mass is 10.1. The Labute approximate surface area is 153 Å². The largest absolute Gasteiger partial charge is 0.451 e. The van der Waals surface area contributed by atoms with Crippen LogP contribution in [-0.2, 0) is 19.3 Å². The summed E-state index contributed by atoms with van der Waals surface area (Å²) in [6, 6.07) is 7.67. The number of alkyl halides is 3. The molecule has 0 spiro atoms. The summed E-state index contributed by atoms with van der Waals surface area (Å²) in [5.41, 5.74) is 1.49. The van der Waals surface area contributed by atoms with Crippen molar-refractivity contribution in [2.24, 2.45) is 0 Å². The number of carbonyl (C=O) groups is 1. The van der Waals surface area contributed by atoms with Crippen LogP contribution in [0.15, 0.2) is 30.5 Å². The quantitative estimate of drug-likeness (QED) is 0.687. The number of amides is 1. The number of hydrogen-bond acceptors (Lipinski definition) is 3. The number of halogens is 3. The SMILES string of the molecule is CC(C)n1ccc2c(C(=O)N3CCn4c(nnc4C(F)(F)F)C3)cccc21. The molecule has 0 atom stereocenters. The first kappa shape index (κ1) is 17.6. The highest BCUT2D eigenvalue weighted by atomic mass is 19.4. The molecule has 0 aliphatic carbocycles. The zero-order valence-corrected chi connectivity index (χ0v) is 14.9. The van der Waals surface area contributed by atoms with Crippen LogP contribution < -0.4 is 0 Å². The Morgan fingerprint density at radius 3 is 2.63 bits per heavy atom. The van der Waals surface area contributed by atoms with Crippen molar-refractivity contribution in [2.45, 2.75) is 39.2 Å². The van der Waals surface area contributed by atoms with Gasteiger partial charge < -0.3 is 14.0 Å². The molecule has 0 fully saturated rings. The molecule has 1 amide bonds. The Kier molecular flexibility index (Phi) is 3.97. The van der Waals surface area contributed by atoms with Crippen molar-refractivity contribution >= 4 is 16.8 Å². The molecule has 6 nitrogen and oxygen atoms in total. The minimum absolute atomic E-state index is 0.00316. The summed E-state index contributed by atoms with van der Waals surface area (Å²) in [7, 11) is 0. The van der Waals surface area contributed by atoms with Gasteiger partial charge in [-0.3, -0.25) is 4.79 Å². The fourth-order valence-corrected chi connectivity index (χ4v) is 3.54. The summed E-state index contributed by atoms with van der Waals surface area (Å²) in [5, 5.41) is 7.72. The maximum atomic E-state index is 13.0. The van der Waals surface area contributed by atoms with Crippen molar-refractivity contribution < 1.29 is 18.0 Å². The molecule has 3 aromatic rings. The second-order valence-electron chi connectivity index (χ2n) is 6.87. The number of nitrogens with zero attached hydrogens (tertiary/aromatic N) is 5. The van der Waals surface area contributed by atoms with E-state index in [1.807, 2.05) is 24.4 Å². The maximum absolute atomic E-state index is 13.0. The molecule has 0 bridgehead atoms. The predicted molar refractivity (Wildman–Crippen MR) is 92.1 cm³/mol. The first-order chi connectivity index (χ1) is 12.8. The highest BCUT2D eigenvalue weighted by Gasteiger charge is 2.40. The number of carbonyl (C=O) groups excluding carboxylic acids is 1. The van der Waals surface area contributed by atoms with Crippen LogP contribution >= 0.6 is 0 Å². The van der Waals surface area contributed by atoms with E-state index in [0.29, 0.717) is 5.56 Å². The second kappa shape index (κ2) is 6.11. The molecule has 142 valence electrons. The van der Waals surface area contributed by atoms with Crippen LogP contribution in [0.4, 0.5) is 13.2 Å². The van der Waals surface area contributed by atoms with E-state index >= 15 is 0 Å². The zero-order valence-electron chi connectivity index (χ0n) is 14.9. The van der Waals surface area contributed by atoms with E-state index in [4.69, 9.17) is 0 Å². The number of hydrogen-bond donors (Lipinski definition) is 0. The molecule has 27 heavy (non-hydrogen) atoms. The van der Waals surface area contributed by atoms with Crippen LogP contribution in [0.5, 0.6) is 0 Å². The van der Waals surface area contributed by atoms with Gasteiger partial charge in [0.2, 0.25) is 5.82 Å². The topological polar surface area (TPSA) is 56.0 Å². The molecule has 1 aliphatic rings. The van der Waals surface area contributed by atoms with Crippen LogP contribution in [0.25, 0.3) is 10.9 Å². The molecule has 9 heteroatoms. The Hall–Kier alpha value is -2.84. The molecule has 2 aromatic heterocycles. The van der Waals surface area contributed by atoms with Gasteiger partial charge in [0.1, 0.15) is 0 Å². The lowest BCUT2D eigenvalue weighted by Gasteiger charge is -2.28. The summed E-state index contributed by atoms with van der Waals surface area (Å²) < 4.78 is 42.0. The Morgan fingerprint density at radius 1 is 1.15 bits per heavy atom. The molecule has 0 N–H and O–H groups in total. The van der Waals surface area contributed by atoms with E-state index in [0.717, 1.165) is 15.5 Å². The number of aromatic nitrogens is 4. The van der Waals surface area contributed by atoms with E-state index in [1.54, 1.807) is 6.07 Å². The van der Waals surface area contributed by atoms with Gasteiger partial charge in [0.05, 0.1) is 6.54 Å². The smallest absolute Gasteiger partial charge is 0.345 e. The molecule has 0 saturated carbocycles. The monoisotopic (exact) mass is 377 g/mol. The average molecular weight is 377 g/mol. The van der Waals surface area contributed by atoms with Crippen molar-refractivity contribution in [1.29, 1.82) is 0 Å². The molecule has 1 aromatic carbocycles. The lowest BCUT2D eigenvalue weighted by Crippen LogP contribution is -2.39. The number of benzene rings is 1. The average Bonchev–Trinajstić information content (AvgIpc) is 3.23. The molecule has 0 saturated heterocycles. The standard InChI is InChI=1S/C18H18F3N5O/c1-11(2)25-7-6-12-13(4-3-5-14(12)25)16(27)24-8-9-26-15(10-24)22-23-17(26)18(19,20)21/h3-7,11H,8-10H2,1-2H3. The van der Waals surface area contributed by atoms with Gasteiger partial charge in [-0.25, -0.2) is 0 Å². The van der Waals surface area contributed by atoms with Crippen LogP contribution in [0.1, 0.15) is 41.9 Å². The first-order valence-electron chi connectivity index (χ1n) is 8.65. The van der Waals surface area contributed by atoms with E-state index in [9.17, 15) is 18.0 Å². The second-order valence-corrected chi connectivity index (χ2v) is 6.87. The summed E-state index contributed by atoms with van der Waals surface area (Å²) in [5.74, 6) is -1.08. The fourth-order valence-electron chi connectivity index (χ4n) is 3.54. The van der Waals surface area contributed by atoms with E-state index in [-0.39, 0.29) is 37.4 Å². The third-order valence-electron chi connectivity index (χ3n) is 4.84. The number of fused-ring (bicyclic) bond motifs is 2. The van der Waals surface area contributed by atoms with Crippen molar-refractivity contribution in [3.63, 3.8) is 0 Å². The van der Waals surface area contributed by atoms with Crippen molar-refractivity contribution in [2.75, 3.05) is 6.54 Å². The number of rotatable bonds is 2. The maximum Gasteiger partial charge on any atom is 0.451 e. The highest BCUT2D eigenvalue weighted by molar-refractivity contribution is 6.06. The van der Waals surface area contributed by atoms with Crippen LogP contribution in [0, 0.1) is 0 Å². The van der Waals surface area contributed by atoms with Crippen molar-refractivity contribution in [3.8, 4) is 0 Å². The lowest BCUT2D eigenvalue weighted by molar-refractivity contribution is -0.147.